The van der Waals surface area contributed by atoms with Gasteiger partial charge in [0, 0.05) is 23.3 Å². The van der Waals surface area contributed by atoms with Crippen molar-refractivity contribution in [3.63, 3.8) is 0 Å². The number of aromatic nitrogens is 2. The number of nitrogens with one attached hydrogen (secondary N) is 3. The van der Waals surface area contributed by atoms with E-state index in [1.165, 1.54) is 0 Å². The topological polar surface area (TPSA) is 98.0 Å². The van der Waals surface area contributed by atoms with E-state index in [0.717, 1.165) is 5.70 Å². The molecule has 0 saturated heterocycles. The molecule has 1 aromatic carbocycles. The number of ketones is 1. The van der Waals surface area contributed by atoms with Crippen LogP contribution in [0.4, 0.5) is 5.82 Å². The van der Waals surface area contributed by atoms with E-state index in [9.17, 15) is 14.7 Å². The van der Waals surface area contributed by atoms with Gasteiger partial charge in [-0.2, -0.15) is 0 Å². The fraction of sp³-hybridized carbons (Fsp3) is 0.333. The number of phenols is 1. The molecule has 6 heteroatoms. The molecule has 1 aromatic heterocycles. The Labute approximate surface area is 138 Å². The second-order valence-electron chi connectivity index (χ2n) is 7.32. The molecule has 0 spiro atoms. The van der Waals surface area contributed by atoms with Crippen LogP contribution < -0.4 is 10.9 Å². The highest BCUT2D eigenvalue weighted by molar-refractivity contribution is 6.01. The van der Waals surface area contributed by atoms with E-state index in [1.54, 1.807) is 24.3 Å². The van der Waals surface area contributed by atoms with E-state index in [-0.39, 0.29) is 22.5 Å². The van der Waals surface area contributed by atoms with Crippen molar-refractivity contribution in [1.82, 2.24) is 10.2 Å². The highest BCUT2D eigenvalue weighted by Gasteiger charge is 2.42. The van der Waals surface area contributed by atoms with Crippen LogP contribution in [0.5, 0.6) is 5.75 Å². The van der Waals surface area contributed by atoms with Crippen LogP contribution in [0, 0.1) is 5.41 Å². The Morgan fingerprint density at radius 3 is 2.62 bits per heavy atom. The number of aromatic hydroxyl groups is 1. The van der Waals surface area contributed by atoms with Crippen molar-refractivity contribution in [1.29, 1.82) is 0 Å². The van der Waals surface area contributed by atoms with E-state index >= 15 is 0 Å². The van der Waals surface area contributed by atoms with Crippen molar-refractivity contribution in [3.05, 3.63) is 57.0 Å². The SMILES string of the molecule is CC1(C)CC(=O)C2=C(C1)Nc1[nH][nH]c(=O)c1[C@H]2c1ccccc1O. The summed E-state index contributed by atoms with van der Waals surface area (Å²) >= 11 is 0. The lowest BCUT2D eigenvalue weighted by atomic mass is 9.69. The Balaban J connectivity index is 1.99. The number of hydrogen-bond donors (Lipinski definition) is 4. The molecule has 0 fully saturated rings. The monoisotopic (exact) mass is 325 g/mol. The van der Waals surface area contributed by atoms with E-state index in [2.05, 4.69) is 29.4 Å². The first kappa shape index (κ1) is 14.8. The van der Waals surface area contributed by atoms with Crippen LogP contribution in [-0.4, -0.2) is 21.1 Å². The maximum atomic E-state index is 12.9. The van der Waals surface area contributed by atoms with Gasteiger partial charge >= 0.3 is 0 Å². The number of benzene rings is 1. The molecule has 2 aliphatic rings. The van der Waals surface area contributed by atoms with Crippen LogP contribution in [-0.2, 0) is 4.79 Å². The zero-order valence-electron chi connectivity index (χ0n) is 13.6. The minimum Gasteiger partial charge on any atom is -0.508 e. The minimum atomic E-state index is -0.559. The fourth-order valence-electron chi connectivity index (χ4n) is 3.86. The van der Waals surface area contributed by atoms with Crippen LogP contribution in [0.2, 0.25) is 0 Å². The van der Waals surface area contributed by atoms with Crippen LogP contribution >= 0.6 is 0 Å². The highest BCUT2D eigenvalue weighted by Crippen LogP contribution is 2.48. The second-order valence-corrected chi connectivity index (χ2v) is 7.32. The molecule has 0 unspecified atom stereocenters. The van der Waals surface area contributed by atoms with Gasteiger partial charge in [-0.3, -0.25) is 19.8 Å². The maximum absolute atomic E-state index is 12.9. The number of para-hydroxylation sites is 1. The normalized spacial score (nSPS) is 21.9. The first-order valence-electron chi connectivity index (χ1n) is 7.99. The molecule has 4 N–H and O–H groups in total. The van der Waals surface area contributed by atoms with Gasteiger partial charge in [0.25, 0.3) is 5.56 Å². The molecule has 0 saturated carbocycles. The molecule has 1 aliphatic carbocycles. The lowest BCUT2D eigenvalue weighted by molar-refractivity contribution is -0.118. The standard InChI is InChI=1S/C18H19N3O3/c1-18(2)7-10-14(12(23)8-18)13(9-5-3-4-6-11(9)22)15-16(19-10)20-21-17(15)24/h3-6,13,22H,7-8H2,1-2H3,(H3,19,20,21,24)/t13-/m0/s1. The summed E-state index contributed by atoms with van der Waals surface area (Å²) in [5.74, 6) is 0.113. The number of anilines is 1. The number of carbonyl (C=O) groups is 1. The van der Waals surface area contributed by atoms with Crippen molar-refractivity contribution in [3.8, 4) is 5.75 Å². The Morgan fingerprint density at radius 1 is 1.12 bits per heavy atom. The summed E-state index contributed by atoms with van der Waals surface area (Å²) in [6.45, 7) is 4.11. The van der Waals surface area contributed by atoms with Gasteiger partial charge in [0.2, 0.25) is 0 Å². The molecular weight excluding hydrogens is 306 g/mol. The average molecular weight is 325 g/mol. The van der Waals surface area contributed by atoms with Crippen LogP contribution in [0.1, 0.15) is 43.7 Å². The van der Waals surface area contributed by atoms with Crippen molar-refractivity contribution in [2.24, 2.45) is 5.41 Å². The lowest BCUT2D eigenvalue weighted by Crippen LogP contribution is -2.35. The number of allylic oxidation sites excluding steroid dienone is 2. The van der Waals surface area contributed by atoms with Gasteiger partial charge in [-0.05, 0) is 17.9 Å². The van der Waals surface area contributed by atoms with E-state index in [4.69, 9.17) is 0 Å². The third kappa shape index (κ3) is 2.10. The molecule has 2 aromatic rings. The molecule has 2 heterocycles. The summed E-state index contributed by atoms with van der Waals surface area (Å²) in [5, 5.41) is 19.0. The van der Waals surface area contributed by atoms with Gasteiger partial charge in [-0.1, -0.05) is 32.0 Å². The number of carbonyl (C=O) groups excluding carboxylic acids is 1. The number of H-pyrrole nitrogens is 2. The number of rotatable bonds is 1. The summed E-state index contributed by atoms with van der Waals surface area (Å²) in [7, 11) is 0. The molecule has 6 nitrogen and oxygen atoms in total. The van der Waals surface area contributed by atoms with Gasteiger partial charge in [-0.15, -0.1) is 0 Å². The van der Waals surface area contributed by atoms with E-state index in [0.29, 0.717) is 35.4 Å². The first-order chi connectivity index (χ1) is 11.4. The largest absolute Gasteiger partial charge is 0.508 e. The Hall–Kier alpha value is -2.76. The number of hydrogen-bond acceptors (Lipinski definition) is 4. The predicted molar refractivity (Wildman–Crippen MR) is 90.0 cm³/mol. The van der Waals surface area contributed by atoms with E-state index in [1.807, 2.05) is 0 Å². The molecule has 1 aliphatic heterocycles. The third-order valence-corrected chi connectivity index (χ3v) is 4.84. The predicted octanol–water partition coefficient (Wildman–Crippen LogP) is 2.61. The highest BCUT2D eigenvalue weighted by atomic mass is 16.3. The minimum absolute atomic E-state index is 0.0215. The zero-order chi connectivity index (χ0) is 17.1. The van der Waals surface area contributed by atoms with Gasteiger partial charge in [0.05, 0.1) is 11.5 Å². The molecule has 0 amide bonds. The molecule has 4 rings (SSSR count). The van der Waals surface area contributed by atoms with Crippen LogP contribution in [0.3, 0.4) is 0 Å². The molecule has 0 bridgehead atoms. The summed E-state index contributed by atoms with van der Waals surface area (Å²) in [5.41, 5.74) is 2.02. The molecule has 24 heavy (non-hydrogen) atoms. The molecule has 0 radical (unpaired) electrons. The Bertz CT molecular complexity index is 933. The van der Waals surface area contributed by atoms with Crippen molar-refractivity contribution in [2.75, 3.05) is 5.32 Å². The number of Topliss-reactive ketones (excluding diaryl/α,β-unsaturated/α-hetero) is 1. The fourth-order valence-corrected chi connectivity index (χ4v) is 3.86. The number of phenolic OH excluding ortho intramolecular Hbond substituents is 1. The summed E-state index contributed by atoms with van der Waals surface area (Å²) in [6, 6.07) is 6.87. The number of aromatic amines is 2. The summed E-state index contributed by atoms with van der Waals surface area (Å²) in [6.07, 6.45) is 1.14. The smallest absolute Gasteiger partial charge is 0.270 e. The van der Waals surface area contributed by atoms with Crippen molar-refractivity contribution in [2.45, 2.75) is 32.6 Å². The number of fused-ring (bicyclic) bond motifs is 1. The van der Waals surface area contributed by atoms with Gasteiger partial charge < -0.3 is 10.4 Å². The first-order valence-corrected chi connectivity index (χ1v) is 7.99. The van der Waals surface area contributed by atoms with Crippen molar-refractivity contribution < 1.29 is 9.90 Å². The lowest BCUT2D eigenvalue weighted by Gasteiger charge is -2.37. The van der Waals surface area contributed by atoms with Gasteiger partial charge in [-0.25, -0.2) is 0 Å². The average Bonchev–Trinajstić information content (AvgIpc) is 2.86. The van der Waals surface area contributed by atoms with E-state index < -0.39 is 5.92 Å². The quantitative estimate of drug-likeness (QED) is 0.648. The molecule has 124 valence electrons. The van der Waals surface area contributed by atoms with Crippen LogP contribution in [0.25, 0.3) is 0 Å². The zero-order valence-corrected chi connectivity index (χ0v) is 13.6. The molecule has 1 atom stereocenters. The second kappa shape index (κ2) is 4.87. The Morgan fingerprint density at radius 2 is 1.88 bits per heavy atom. The summed E-state index contributed by atoms with van der Waals surface area (Å²) < 4.78 is 0. The third-order valence-electron chi connectivity index (χ3n) is 4.84. The molecular formula is C18H19N3O3. The Kier molecular flexibility index (Phi) is 3.00. The van der Waals surface area contributed by atoms with Gasteiger partial charge in [0.15, 0.2) is 5.78 Å². The summed E-state index contributed by atoms with van der Waals surface area (Å²) in [4.78, 5) is 25.2. The van der Waals surface area contributed by atoms with Crippen LogP contribution in [0.15, 0.2) is 40.3 Å². The van der Waals surface area contributed by atoms with Gasteiger partial charge in [0.1, 0.15) is 11.6 Å². The maximum Gasteiger partial charge on any atom is 0.270 e. The van der Waals surface area contributed by atoms with Crippen molar-refractivity contribution >= 4 is 11.6 Å².